The van der Waals surface area contributed by atoms with Gasteiger partial charge >= 0.3 is 5.97 Å². The minimum atomic E-state index is -0.283. The molecule has 5 heteroatoms. The van der Waals surface area contributed by atoms with Crippen LogP contribution in [0.25, 0.3) is 0 Å². The molecule has 0 aliphatic heterocycles. The van der Waals surface area contributed by atoms with E-state index in [1.54, 1.807) is 6.92 Å². The number of carbonyl (C=O) groups excluding carboxylic acids is 1. The van der Waals surface area contributed by atoms with Crippen LogP contribution in [0.2, 0.25) is 0 Å². The van der Waals surface area contributed by atoms with Crippen LogP contribution in [0.15, 0.2) is 40.9 Å². The quantitative estimate of drug-likeness (QED) is 0.688. The van der Waals surface area contributed by atoms with Gasteiger partial charge in [-0.15, -0.1) is 0 Å². The van der Waals surface area contributed by atoms with E-state index in [4.69, 9.17) is 9.47 Å². The molecule has 0 saturated heterocycles. The van der Waals surface area contributed by atoms with Crippen LogP contribution >= 0.6 is 15.9 Å². The standard InChI is InChI=1S/C19H18BrFO3/c1-2-23-19(22)9-12-5-3-4-6-17(12)24-18-8-7-14-15(18)10-13(20)11-16(14)21/h3-6,10-11,18H,2,7-9H2,1H3. The van der Waals surface area contributed by atoms with Gasteiger partial charge in [-0.25, -0.2) is 4.39 Å². The maximum absolute atomic E-state index is 14.1. The molecule has 2 aromatic carbocycles. The Kier molecular flexibility index (Phi) is 5.19. The maximum Gasteiger partial charge on any atom is 0.310 e. The van der Waals surface area contributed by atoms with Crippen molar-refractivity contribution < 1.29 is 18.7 Å². The van der Waals surface area contributed by atoms with Gasteiger partial charge in [0.25, 0.3) is 0 Å². The summed E-state index contributed by atoms with van der Waals surface area (Å²) < 4.78 is 25.9. The molecule has 0 spiro atoms. The fourth-order valence-corrected chi connectivity index (χ4v) is 3.46. The lowest BCUT2D eigenvalue weighted by atomic mass is 10.1. The van der Waals surface area contributed by atoms with Crippen molar-refractivity contribution in [1.82, 2.24) is 0 Å². The molecule has 0 radical (unpaired) electrons. The highest BCUT2D eigenvalue weighted by Gasteiger charge is 2.28. The first kappa shape index (κ1) is 17.0. The van der Waals surface area contributed by atoms with Crippen molar-refractivity contribution in [1.29, 1.82) is 0 Å². The highest BCUT2D eigenvalue weighted by molar-refractivity contribution is 9.10. The first-order valence-electron chi connectivity index (χ1n) is 7.96. The highest BCUT2D eigenvalue weighted by Crippen LogP contribution is 2.38. The Morgan fingerprint density at radius 2 is 2.12 bits per heavy atom. The van der Waals surface area contributed by atoms with Crippen LogP contribution in [0.5, 0.6) is 5.75 Å². The van der Waals surface area contributed by atoms with E-state index in [2.05, 4.69) is 15.9 Å². The van der Waals surface area contributed by atoms with Gasteiger partial charge in [0.05, 0.1) is 13.0 Å². The Hall–Kier alpha value is -1.88. The number of hydrogen-bond donors (Lipinski definition) is 0. The number of esters is 1. The van der Waals surface area contributed by atoms with Crippen molar-refractivity contribution >= 4 is 21.9 Å². The summed E-state index contributed by atoms with van der Waals surface area (Å²) in [5, 5.41) is 0. The zero-order valence-corrected chi connectivity index (χ0v) is 14.9. The van der Waals surface area contributed by atoms with E-state index in [0.29, 0.717) is 28.8 Å². The number of rotatable bonds is 5. The second-order valence-electron chi connectivity index (χ2n) is 5.69. The first-order valence-corrected chi connectivity index (χ1v) is 8.75. The van der Waals surface area contributed by atoms with Gasteiger partial charge in [0.1, 0.15) is 17.7 Å². The van der Waals surface area contributed by atoms with Crippen molar-refractivity contribution in [3.63, 3.8) is 0 Å². The normalized spacial score (nSPS) is 15.9. The third-order valence-corrected chi connectivity index (χ3v) is 4.54. The molecule has 126 valence electrons. The SMILES string of the molecule is CCOC(=O)Cc1ccccc1OC1CCc2c(F)cc(Br)cc21. The van der Waals surface area contributed by atoms with Gasteiger partial charge in [0.15, 0.2) is 0 Å². The molecular weight excluding hydrogens is 375 g/mol. The summed E-state index contributed by atoms with van der Waals surface area (Å²) >= 11 is 3.34. The Bertz CT molecular complexity index is 760. The van der Waals surface area contributed by atoms with Gasteiger partial charge in [0.2, 0.25) is 0 Å². The Labute approximate surface area is 148 Å². The van der Waals surface area contributed by atoms with E-state index >= 15 is 0 Å². The van der Waals surface area contributed by atoms with E-state index < -0.39 is 0 Å². The first-order chi connectivity index (χ1) is 11.6. The lowest BCUT2D eigenvalue weighted by Crippen LogP contribution is -2.10. The summed E-state index contributed by atoms with van der Waals surface area (Å²) in [4.78, 5) is 11.8. The number of halogens is 2. The molecule has 0 bridgehead atoms. The van der Waals surface area contributed by atoms with Crippen molar-refractivity contribution in [3.05, 3.63) is 63.4 Å². The summed E-state index contributed by atoms with van der Waals surface area (Å²) in [6.07, 6.45) is 1.32. The summed E-state index contributed by atoms with van der Waals surface area (Å²) in [5.41, 5.74) is 2.36. The van der Waals surface area contributed by atoms with E-state index in [0.717, 1.165) is 17.5 Å². The van der Waals surface area contributed by atoms with Crippen LogP contribution in [0.4, 0.5) is 4.39 Å². The predicted octanol–water partition coefficient (Wildman–Crippen LogP) is 4.76. The Morgan fingerprint density at radius 1 is 1.33 bits per heavy atom. The maximum atomic E-state index is 14.1. The molecule has 1 atom stereocenters. The molecule has 0 fully saturated rings. The largest absolute Gasteiger partial charge is 0.485 e. The van der Waals surface area contributed by atoms with Crippen LogP contribution in [-0.2, 0) is 22.4 Å². The van der Waals surface area contributed by atoms with Crippen LogP contribution in [-0.4, -0.2) is 12.6 Å². The minimum Gasteiger partial charge on any atom is -0.485 e. The van der Waals surface area contributed by atoms with Crippen LogP contribution in [0, 0.1) is 5.82 Å². The molecule has 1 aliphatic carbocycles. The van der Waals surface area contributed by atoms with Crippen molar-refractivity contribution in [2.45, 2.75) is 32.3 Å². The molecule has 0 saturated carbocycles. The topological polar surface area (TPSA) is 35.5 Å². The van der Waals surface area contributed by atoms with Crippen LogP contribution < -0.4 is 4.74 Å². The predicted molar refractivity (Wildman–Crippen MR) is 92.6 cm³/mol. The lowest BCUT2D eigenvalue weighted by Gasteiger charge is -2.18. The summed E-state index contributed by atoms with van der Waals surface area (Å²) in [5.74, 6) is 0.156. The number of fused-ring (bicyclic) bond motifs is 1. The van der Waals surface area contributed by atoms with Gasteiger partial charge in [-0.2, -0.15) is 0 Å². The van der Waals surface area contributed by atoms with Gasteiger partial charge < -0.3 is 9.47 Å². The van der Waals surface area contributed by atoms with Gasteiger partial charge in [-0.3, -0.25) is 4.79 Å². The third kappa shape index (κ3) is 3.61. The van der Waals surface area contributed by atoms with E-state index in [1.165, 1.54) is 6.07 Å². The minimum absolute atomic E-state index is 0.163. The lowest BCUT2D eigenvalue weighted by molar-refractivity contribution is -0.142. The second kappa shape index (κ2) is 7.34. The van der Waals surface area contributed by atoms with Crippen molar-refractivity contribution in [2.75, 3.05) is 6.61 Å². The number of para-hydroxylation sites is 1. The molecule has 0 heterocycles. The van der Waals surface area contributed by atoms with Crippen molar-refractivity contribution in [3.8, 4) is 5.75 Å². The summed E-state index contributed by atoms with van der Waals surface area (Å²) in [7, 11) is 0. The number of carbonyl (C=O) groups is 1. The zero-order valence-electron chi connectivity index (χ0n) is 13.4. The van der Waals surface area contributed by atoms with Gasteiger partial charge in [0, 0.05) is 10.0 Å². The number of hydrogen-bond acceptors (Lipinski definition) is 3. The van der Waals surface area contributed by atoms with Crippen LogP contribution in [0.3, 0.4) is 0 Å². The van der Waals surface area contributed by atoms with Gasteiger partial charge in [-0.05, 0) is 49.1 Å². The monoisotopic (exact) mass is 392 g/mol. The molecular formula is C19H18BrFO3. The Balaban J connectivity index is 1.83. The van der Waals surface area contributed by atoms with Crippen molar-refractivity contribution in [2.24, 2.45) is 0 Å². The molecule has 1 unspecified atom stereocenters. The van der Waals surface area contributed by atoms with E-state index in [9.17, 15) is 9.18 Å². The molecule has 24 heavy (non-hydrogen) atoms. The smallest absolute Gasteiger partial charge is 0.310 e. The fraction of sp³-hybridized carbons (Fsp3) is 0.316. The average molecular weight is 393 g/mol. The second-order valence-corrected chi connectivity index (χ2v) is 6.61. The molecule has 2 aromatic rings. The summed E-state index contributed by atoms with van der Waals surface area (Å²) in [6, 6.07) is 10.8. The van der Waals surface area contributed by atoms with E-state index in [1.807, 2.05) is 30.3 Å². The molecule has 0 aromatic heterocycles. The highest BCUT2D eigenvalue weighted by atomic mass is 79.9. The third-order valence-electron chi connectivity index (χ3n) is 4.08. The number of ether oxygens (including phenoxy) is 2. The molecule has 0 amide bonds. The zero-order chi connectivity index (χ0) is 17.1. The fourth-order valence-electron chi connectivity index (χ4n) is 3.01. The number of benzene rings is 2. The van der Waals surface area contributed by atoms with E-state index in [-0.39, 0.29) is 24.3 Å². The molecule has 3 rings (SSSR count). The van der Waals surface area contributed by atoms with Crippen LogP contribution in [0.1, 0.15) is 36.1 Å². The molecule has 3 nitrogen and oxygen atoms in total. The molecule has 1 aliphatic rings. The van der Waals surface area contributed by atoms with Gasteiger partial charge in [-0.1, -0.05) is 34.1 Å². The Morgan fingerprint density at radius 3 is 2.92 bits per heavy atom. The molecule has 0 N–H and O–H groups in total. The average Bonchev–Trinajstić information content (AvgIpc) is 2.93. The summed E-state index contributed by atoms with van der Waals surface area (Å²) in [6.45, 7) is 2.13.